The van der Waals surface area contributed by atoms with Crippen molar-refractivity contribution in [2.24, 2.45) is 10.7 Å². The lowest BCUT2D eigenvalue weighted by Crippen LogP contribution is -2.22. The molecular formula is C16H17F3N4O. The van der Waals surface area contributed by atoms with Crippen LogP contribution in [0.4, 0.5) is 18.9 Å². The molecule has 0 amide bonds. The van der Waals surface area contributed by atoms with Gasteiger partial charge in [-0.05, 0) is 55.3 Å². The number of nitrogens with one attached hydrogen (secondary N) is 1. The van der Waals surface area contributed by atoms with Gasteiger partial charge in [0.15, 0.2) is 5.96 Å². The number of rotatable bonds is 4. The quantitative estimate of drug-likeness (QED) is 0.661. The molecule has 0 bridgehead atoms. The van der Waals surface area contributed by atoms with Gasteiger partial charge in [-0.25, -0.2) is 4.99 Å². The average molecular weight is 338 g/mol. The first kappa shape index (κ1) is 17.6. The topological polar surface area (TPSA) is 72.5 Å². The van der Waals surface area contributed by atoms with E-state index in [2.05, 4.69) is 20.0 Å². The van der Waals surface area contributed by atoms with E-state index in [0.717, 1.165) is 16.8 Å². The fourth-order valence-corrected chi connectivity index (χ4v) is 1.99. The zero-order chi connectivity index (χ0) is 17.7. The summed E-state index contributed by atoms with van der Waals surface area (Å²) >= 11 is 0. The summed E-state index contributed by atoms with van der Waals surface area (Å²) in [5.74, 6) is -0.149. The molecule has 0 radical (unpaired) electrons. The Bertz CT molecular complexity index is 727. The van der Waals surface area contributed by atoms with Crippen molar-refractivity contribution in [3.8, 4) is 5.75 Å². The summed E-state index contributed by atoms with van der Waals surface area (Å²) in [5, 5.41) is 2.80. The molecule has 5 nitrogen and oxygen atoms in total. The van der Waals surface area contributed by atoms with Gasteiger partial charge in [-0.15, -0.1) is 13.2 Å². The molecule has 128 valence electrons. The lowest BCUT2D eigenvalue weighted by molar-refractivity contribution is -0.274. The van der Waals surface area contributed by atoms with E-state index >= 15 is 0 Å². The summed E-state index contributed by atoms with van der Waals surface area (Å²) in [6, 6.07) is 7.17. The van der Waals surface area contributed by atoms with Crippen molar-refractivity contribution in [1.29, 1.82) is 0 Å². The minimum absolute atomic E-state index is 0.152. The number of halogens is 3. The highest BCUT2D eigenvalue weighted by atomic mass is 19.4. The molecule has 3 N–H and O–H groups in total. The number of pyridine rings is 1. The number of ether oxygens (including phenoxy) is 1. The Labute approximate surface area is 137 Å². The number of aromatic nitrogens is 1. The minimum atomic E-state index is -4.71. The Hall–Kier alpha value is -2.77. The maximum Gasteiger partial charge on any atom is 0.573 e. The Balaban J connectivity index is 1.97. The molecule has 0 aliphatic carbocycles. The second-order valence-electron chi connectivity index (χ2n) is 5.15. The second kappa shape index (κ2) is 7.20. The van der Waals surface area contributed by atoms with Crippen LogP contribution >= 0.6 is 0 Å². The zero-order valence-electron chi connectivity index (χ0n) is 13.2. The van der Waals surface area contributed by atoms with Crippen LogP contribution in [0.15, 0.2) is 41.5 Å². The molecule has 1 aromatic carbocycles. The summed E-state index contributed by atoms with van der Waals surface area (Å²) in [5.41, 5.74) is 9.21. The smallest absolute Gasteiger partial charge is 0.406 e. The highest BCUT2D eigenvalue weighted by Gasteiger charge is 2.30. The lowest BCUT2D eigenvalue weighted by Gasteiger charge is -2.10. The number of nitrogens with zero attached hydrogens (tertiary/aromatic N) is 2. The second-order valence-corrected chi connectivity index (χ2v) is 5.15. The largest absolute Gasteiger partial charge is 0.573 e. The van der Waals surface area contributed by atoms with Gasteiger partial charge in [0.1, 0.15) is 5.75 Å². The maximum absolute atomic E-state index is 12.1. The first-order chi connectivity index (χ1) is 11.2. The predicted molar refractivity (Wildman–Crippen MR) is 85.8 cm³/mol. The monoisotopic (exact) mass is 338 g/mol. The fourth-order valence-electron chi connectivity index (χ4n) is 1.99. The number of anilines is 1. The highest BCUT2D eigenvalue weighted by molar-refractivity contribution is 5.92. The van der Waals surface area contributed by atoms with Crippen LogP contribution in [0.5, 0.6) is 5.75 Å². The van der Waals surface area contributed by atoms with Crippen LogP contribution < -0.4 is 15.8 Å². The van der Waals surface area contributed by atoms with E-state index in [1.54, 1.807) is 6.20 Å². The molecule has 24 heavy (non-hydrogen) atoms. The van der Waals surface area contributed by atoms with Gasteiger partial charge in [-0.1, -0.05) is 0 Å². The molecule has 1 heterocycles. The minimum Gasteiger partial charge on any atom is -0.406 e. The standard InChI is InChI=1S/C16H17F3N4O/c1-10-7-11(2)21-8-12(10)9-22-15(20)23-13-3-5-14(6-4-13)24-16(17,18)19/h3-8H,9H2,1-2H3,(H3,20,22,23). The van der Waals surface area contributed by atoms with Crippen molar-refractivity contribution in [1.82, 2.24) is 4.98 Å². The normalized spacial score (nSPS) is 12.1. The van der Waals surface area contributed by atoms with Crippen LogP contribution in [0.2, 0.25) is 0 Å². The van der Waals surface area contributed by atoms with Crippen molar-refractivity contribution in [3.05, 3.63) is 53.3 Å². The number of hydrogen-bond donors (Lipinski definition) is 2. The first-order valence-electron chi connectivity index (χ1n) is 7.08. The molecule has 8 heteroatoms. The number of benzene rings is 1. The van der Waals surface area contributed by atoms with Gasteiger partial charge in [0.2, 0.25) is 0 Å². The molecular weight excluding hydrogens is 321 g/mol. The van der Waals surface area contributed by atoms with Crippen molar-refractivity contribution >= 4 is 11.6 Å². The maximum atomic E-state index is 12.1. The number of hydrogen-bond acceptors (Lipinski definition) is 3. The van der Waals surface area contributed by atoms with E-state index < -0.39 is 6.36 Å². The van der Waals surface area contributed by atoms with Gasteiger partial charge in [0.25, 0.3) is 0 Å². The van der Waals surface area contributed by atoms with E-state index in [1.807, 2.05) is 19.9 Å². The predicted octanol–water partition coefficient (Wildman–Crippen LogP) is 3.52. The van der Waals surface area contributed by atoms with Gasteiger partial charge < -0.3 is 15.8 Å². The molecule has 0 aliphatic heterocycles. The van der Waals surface area contributed by atoms with Crippen LogP contribution in [0.25, 0.3) is 0 Å². The summed E-state index contributed by atoms with van der Waals surface area (Å²) < 4.78 is 40.1. The summed E-state index contributed by atoms with van der Waals surface area (Å²) in [7, 11) is 0. The van der Waals surface area contributed by atoms with Crippen LogP contribution in [-0.2, 0) is 6.54 Å². The number of aliphatic imine (C=N–C) groups is 1. The molecule has 2 rings (SSSR count). The van der Waals surface area contributed by atoms with E-state index in [1.165, 1.54) is 24.3 Å². The molecule has 0 saturated heterocycles. The Morgan fingerprint density at radius 1 is 1.25 bits per heavy atom. The summed E-state index contributed by atoms with van der Waals surface area (Å²) in [4.78, 5) is 8.40. The van der Waals surface area contributed by atoms with Crippen molar-refractivity contribution in [2.75, 3.05) is 5.32 Å². The van der Waals surface area contributed by atoms with Crippen molar-refractivity contribution < 1.29 is 17.9 Å². The third-order valence-corrected chi connectivity index (χ3v) is 3.14. The van der Waals surface area contributed by atoms with Crippen molar-refractivity contribution in [2.45, 2.75) is 26.8 Å². The van der Waals surface area contributed by atoms with Gasteiger partial charge in [0.05, 0.1) is 6.54 Å². The van der Waals surface area contributed by atoms with E-state index in [4.69, 9.17) is 5.73 Å². The van der Waals surface area contributed by atoms with Gasteiger partial charge in [0, 0.05) is 17.6 Å². The third kappa shape index (κ3) is 5.45. The number of alkyl halides is 3. The fraction of sp³-hybridized carbons (Fsp3) is 0.250. The molecule has 0 fully saturated rings. The third-order valence-electron chi connectivity index (χ3n) is 3.14. The number of guanidine groups is 1. The molecule has 2 aromatic rings. The number of aryl methyl sites for hydroxylation is 2. The van der Waals surface area contributed by atoms with E-state index in [9.17, 15) is 13.2 Å². The van der Waals surface area contributed by atoms with Gasteiger partial charge in [-0.3, -0.25) is 4.98 Å². The van der Waals surface area contributed by atoms with Crippen LogP contribution in [0.3, 0.4) is 0 Å². The van der Waals surface area contributed by atoms with E-state index in [-0.39, 0.29) is 11.7 Å². The Morgan fingerprint density at radius 3 is 2.50 bits per heavy atom. The Morgan fingerprint density at radius 2 is 1.92 bits per heavy atom. The lowest BCUT2D eigenvalue weighted by atomic mass is 10.1. The molecule has 1 aromatic heterocycles. The molecule has 0 atom stereocenters. The summed E-state index contributed by atoms with van der Waals surface area (Å²) in [6.07, 6.45) is -2.97. The Kier molecular flexibility index (Phi) is 5.28. The van der Waals surface area contributed by atoms with Crippen LogP contribution in [-0.4, -0.2) is 17.3 Å². The zero-order valence-corrected chi connectivity index (χ0v) is 13.2. The molecule has 0 saturated carbocycles. The van der Waals surface area contributed by atoms with Gasteiger partial charge in [-0.2, -0.15) is 0 Å². The SMILES string of the molecule is Cc1cc(C)c(CN=C(N)Nc2ccc(OC(F)(F)F)cc2)cn1. The van der Waals surface area contributed by atoms with Crippen molar-refractivity contribution in [3.63, 3.8) is 0 Å². The first-order valence-corrected chi connectivity index (χ1v) is 7.08. The van der Waals surface area contributed by atoms with Gasteiger partial charge >= 0.3 is 6.36 Å². The van der Waals surface area contributed by atoms with Crippen LogP contribution in [0.1, 0.15) is 16.8 Å². The van der Waals surface area contributed by atoms with Crippen LogP contribution in [0, 0.1) is 13.8 Å². The molecule has 0 aliphatic rings. The number of nitrogens with two attached hydrogens (primary N) is 1. The molecule has 0 spiro atoms. The average Bonchev–Trinajstić information content (AvgIpc) is 2.47. The highest BCUT2D eigenvalue weighted by Crippen LogP contribution is 2.23. The van der Waals surface area contributed by atoms with E-state index in [0.29, 0.717) is 12.2 Å². The molecule has 0 unspecified atom stereocenters. The summed E-state index contributed by atoms with van der Waals surface area (Å²) in [6.45, 7) is 4.22.